The summed E-state index contributed by atoms with van der Waals surface area (Å²) in [6.45, 7) is 4.77. The number of aliphatic hydroxyl groups excluding tert-OH is 1. The van der Waals surface area contributed by atoms with Crippen molar-refractivity contribution >= 4 is 33.9 Å². The van der Waals surface area contributed by atoms with Gasteiger partial charge >= 0.3 is 0 Å². The molecule has 17 heavy (non-hydrogen) atoms. The van der Waals surface area contributed by atoms with Crippen molar-refractivity contribution in [2.45, 2.75) is 31.4 Å². The highest BCUT2D eigenvalue weighted by Gasteiger charge is 2.50. The maximum absolute atomic E-state index is 9.61. The predicted molar refractivity (Wildman–Crippen MR) is 74.6 cm³/mol. The first-order chi connectivity index (χ1) is 7.87. The Balaban J connectivity index is 2.30. The van der Waals surface area contributed by atoms with Crippen LogP contribution in [0, 0.1) is 9.62 Å². The van der Waals surface area contributed by atoms with Crippen LogP contribution in [0.15, 0.2) is 5.38 Å². The van der Waals surface area contributed by atoms with Crippen molar-refractivity contribution in [1.82, 2.24) is 4.98 Å². The van der Waals surface area contributed by atoms with E-state index in [0.29, 0.717) is 6.61 Å². The van der Waals surface area contributed by atoms with Gasteiger partial charge in [-0.3, -0.25) is 0 Å². The summed E-state index contributed by atoms with van der Waals surface area (Å²) in [5, 5.41) is 12.6. The first-order valence-corrected chi connectivity index (χ1v) is 7.55. The van der Waals surface area contributed by atoms with E-state index < -0.39 is 5.54 Å². The zero-order valence-electron chi connectivity index (χ0n) is 10.1. The molecule has 0 amide bonds. The van der Waals surface area contributed by atoms with Crippen molar-refractivity contribution < 1.29 is 15.6 Å². The Hall–Kier alpha value is 0.240. The molecule has 1 aliphatic rings. The van der Waals surface area contributed by atoms with Crippen LogP contribution in [0.2, 0.25) is 0 Å². The molecule has 0 saturated carbocycles. The van der Waals surface area contributed by atoms with Gasteiger partial charge in [-0.1, -0.05) is 0 Å². The lowest BCUT2D eigenvalue weighted by Crippen LogP contribution is -2.78. The first-order valence-electron chi connectivity index (χ1n) is 5.59. The van der Waals surface area contributed by atoms with Gasteiger partial charge in [-0.25, -0.2) is 4.98 Å². The van der Waals surface area contributed by atoms with Gasteiger partial charge in [0.2, 0.25) is 0 Å². The molecule has 2 rings (SSSR count). The van der Waals surface area contributed by atoms with E-state index in [9.17, 15) is 5.11 Å². The largest absolute Gasteiger partial charge is 0.396 e. The highest BCUT2D eigenvalue weighted by Crippen LogP contribution is 2.39. The summed E-state index contributed by atoms with van der Waals surface area (Å²) in [5.74, 6) is 0.105. The molecular weight excluding hydrogens is 351 g/mol. The van der Waals surface area contributed by atoms with Crippen LogP contribution >= 0.6 is 33.9 Å². The van der Waals surface area contributed by atoms with Gasteiger partial charge in [-0.2, -0.15) is 0 Å². The lowest BCUT2D eigenvalue weighted by Gasteiger charge is -2.43. The fourth-order valence-electron chi connectivity index (χ4n) is 2.25. The molecule has 1 aromatic rings. The van der Waals surface area contributed by atoms with Crippen LogP contribution in [0.1, 0.15) is 25.3 Å². The lowest BCUT2D eigenvalue weighted by molar-refractivity contribution is -0.524. The first kappa shape index (κ1) is 13.7. The molecule has 6 heteroatoms. The van der Waals surface area contributed by atoms with Crippen LogP contribution in [-0.2, 0) is 10.3 Å². The number of rotatable bonds is 2. The Morgan fingerprint density at radius 1 is 1.71 bits per heavy atom. The van der Waals surface area contributed by atoms with E-state index >= 15 is 0 Å². The quantitative estimate of drug-likeness (QED) is 0.764. The molecule has 1 saturated heterocycles. The average Bonchev–Trinajstić information content (AvgIpc) is 2.69. The van der Waals surface area contributed by atoms with Crippen LogP contribution in [-0.4, -0.2) is 28.9 Å². The number of nitrogens with zero attached hydrogens (tertiary/aromatic N) is 1. The third-order valence-corrected chi connectivity index (χ3v) is 5.40. The van der Waals surface area contributed by atoms with Crippen LogP contribution in [0.25, 0.3) is 0 Å². The Morgan fingerprint density at radius 3 is 2.94 bits per heavy atom. The topological polar surface area (TPSA) is 70.0 Å². The standard InChI is InChI=1S/C11H17IN2O2S/c1-10(2)3-7(4-15)11(13,6-16-10)9-14-8(12)5-17-9/h5,7,15H,3-4,6,13H2,1-2H3/p+1/t7-,11-/m0/s1. The second-order valence-corrected chi connectivity index (χ2v) is 7.23. The highest BCUT2D eigenvalue weighted by atomic mass is 127. The summed E-state index contributed by atoms with van der Waals surface area (Å²) in [6, 6.07) is 0. The molecule has 0 aliphatic carbocycles. The van der Waals surface area contributed by atoms with Crippen LogP contribution in [0.5, 0.6) is 0 Å². The average molecular weight is 369 g/mol. The summed E-state index contributed by atoms with van der Waals surface area (Å²) in [5.41, 5.74) is 3.70. The van der Waals surface area contributed by atoms with E-state index in [-0.39, 0.29) is 18.1 Å². The van der Waals surface area contributed by atoms with Gasteiger partial charge in [0.25, 0.3) is 0 Å². The molecule has 1 fully saturated rings. The molecule has 0 bridgehead atoms. The van der Waals surface area contributed by atoms with E-state index in [1.54, 1.807) is 11.3 Å². The molecule has 1 aromatic heterocycles. The maximum atomic E-state index is 9.61. The summed E-state index contributed by atoms with van der Waals surface area (Å²) in [4.78, 5) is 4.50. The second kappa shape index (κ2) is 4.73. The SMILES string of the molecule is CC1(C)C[C@@H](CO)[C@]([NH3+])(c2nc(I)cs2)CO1. The van der Waals surface area contributed by atoms with Crippen LogP contribution in [0.4, 0.5) is 0 Å². The normalized spacial score (nSPS) is 32.6. The van der Waals surface area contributed by atoms with Crippen LogP contribution in [0.3, 0.4) is 0 Å². The molecule has 0 spiro atoms. The minimum Gasteiger partial charge on any atom is -0.396 e. The molecule has 0 unspecified atom stereocenters. The summed E-state index contributed by atoms with van der Waals surface area (Å²) in [7, 11) is 0. The molecule has 4 nitrogen and oxygen atoms in total. The van der Waals surface area contributed by atoms with Crippen LogP contribution < -0.4 is 5.73 Å². The fourth-order valence-corrected chi connectivity index (χ4v) is 3.91. The maximum Gasteiger partial charge on any atom is 0.175 e. The molecule has 2 atom stereocenters. The van der Waals surface area contributed by atoms with Gasteiger partial charge in [0, 0.05) is 11.3 Å². The van der Waals surface area contributed by atoms with E-state index in [2.05, 4.69) is 47.2 Å². The zero-order chi connectivity index (χ0) is 12.7. The summed E-state index contributed by atoms with van der Waals surface area (Å²) >= 11 is 3.80. The monoisotopic (exact) mass is 369 g/mol. The van der Waals surface area contributed by atoms with Gasteiger partial charge in [-0.05, 0) is 42.9 Å². The molecule has 0 aromatic carbocycles. The van der Waals surface area contributed by atoms with Crippen molar-refractivity contribution in [3.63, 3.8) is 0 Å². The summed E-state index contributed by atoms with van der Waals surface area (Å²) < 4.78 is 6.85. The fraction of sp³-hybridized carbons (Fsp3) is 0.727. The van der Waals surface area contributed by atoms with E-state index in [1.165, 1.54) is 0 Å². The van der Waals surface area contributed by atoms with E-state index in [4.69, 9.17) is 4.74 Å². The Labute approximate surface area is 119 Å². The number of quaternary nitrogens is 1. The second-order valence-electron chi connectivity index (χ2n) is 5.26. The third kappa shape index (κ3) is 2.65. The Kier molecular flexibility index (Phi) is 3.80. The number of hydrogen-bond donors (Lipinski definition) is 2. The van der Waals surface area contributed by atoms with Gasteiger partial charge in [0.1, 0.15) is 10.3 Å². The van der Waals surface area contributed by atoms with E-state index in [1.807, 2.05) is 5.38 Å². The molecule has 0 radical (unpaired) electrons. The molecule has 1 aliphatic heterocycles. The van der Waals surface area contributed by atoms with Gasteiger partial charge in [0.05, 0.1) is 12.2 Å². The number of thiazole rings is 1. The molecule has 96 valence electrons. The Morgan fingerprint density at radius 2 is 2.41 bits per heavy atom. The molecule has 4 N–H and O–H groups in total. The number of hydrogen-bond acceptors (Lipinski definition) is 4. The highest BCUT2D eigenvalue weighted by molar-refractivity contribution is 14.1. The van der Waals surface area contributed by atoms with Crippen molar-refractivity contribution in [1.29, 1.82) is 0 Å². The number of halogens is 1. The summed E-state index contributed by atoms with van der Waals surface area (Å²) in [6.07, 6.45) is 0.809. The smallest absolute Gasteiger partial charge is 0.175 e. The van der Waals surface area contributed by atoms with Crippen molar-refractivity contribution in [3.05, 3.63) is 14.1 Å². The van der Waals surface area contributed by atoms with Gasteiger partial charge in [0.15, 0.2) is 10.5 Å². The van der Waals surface area contributed by atoms with Gasteiger partial charge < -0.3 is 15.6 Å². The number of ether oxygens (including phenoxy) is 1. The van der Waals surface area contributed by atoms with Gasteiger partial charge in [-0.15, -0.1) is 11.3 Å². The van der Waals surface area contributed by atoms with Crippen molar-refractivity contribution in [2.75, 3.05) is 13.2 Å². The lowest BCUT2D eigenvalue weighted by atomic mass is 9.76. The number of aromatic nitrogens is 1. The third-order valence-electron chi connectivity index (χ3n) is 3.36. The molecule has 2 heterocycles. The number of aliphatic hydroxyl groups is 1. The minimum atomic E-state index is -0.404. The Bertz CT molecular complexity index is 410. The van der Waals surface area contributed by atoms with Crippen molar-refractivity contribution in [2.24, 2.45) is 5.92 Å². The predicted octanol–water partition coefficient (Wildman–Crippen LogP) is 0.992. The zero-order valence-corrected chi connectivity index (χ0v) is 13.0. The van der Waals surface area contributed by atoms with Crippen molar-refractivity contribution in [3.8, 4) is 0 Å². The van der Waals surface area contributed by atoms with E-state index in [0.717, 1.165) is 15.1 Å². The minimum absolute atomic E-state index is 0.105. The molecular formula is C11H18IN2O2S+.